The molecule has 19 heavy (non-hydrogen) atoms. The first-order chi connectivity index (χ1) is 9.15. The average Bonchev–Trinajstić information content (AvgIpc) is 2.90. The predicted molar refractivity (Wildman–Crippen MR) is 74.5 cm³/mol. The summed E-state index contributed by atoms with van der Waals surface area (Å²) in [7, 11) is 3.84. The van der Waals surface area contributed by atoms with Gasteiger partial charge in [-0.1, -0.05) is 0 Å². The SMILES string of the molecule is CN(C)c1ccc(NC(=O)NC[C@@H]2CCOC2)cn1. The van der Waals surface area contributed by atoms with Crippen molar-refractivity contribution in [2.45, 2.75) is 6.42 Å². The van der Waals surface area contributed by atoms with E-state index in [0.29, 0.717) is 18.2 Å². The number of carbonyl (C=O) groups excluding carboxylic acids is 1. The standard InChI is InChI=1S/C13H20N4O2/c1-17(2)12-4-3-11(8-14-12)16-13(18)15-7-10-5-6-19-9-10/h3-4,8,10H,5-7,9H2,1-2H3,(H2,15,16,18)/t10-/m0/s1. The third kappa shape index (κ3) is 4.10. The van der Waals surface area contributed by atoms with E-state index in [0.717, 1.165) is 25.5 Å². The van der Waals surface area contributed by atoms with E-state index in [1.54, 1.807) is 6.20 Å². The van der Waals surface area contributed by atoms with Gasteiger partial charge in [0.15, 0.2) is 0 Å². The van der Waals surface area contributed by atoms with Crippen LogP contribution in [0.4, 0.5) is 16.3 Å². The lowest BCUT2D eigenvalue weighted by molar-refractivity contribution is 0.185. The number of carbonyl (C=O) groups is 1. The molecule has 1 aromatic heterocycles. The Kier molecular flexibility index (Phi) is 4.57. The number of anilines is 2. The van der Waals surface area contributed by atoms with Crippen LogP contribution in [0.5, 0.6) is 0 Å². The summed E-state index contributed by atoms with van der Waals surface area (Å²) in [5.74, 6) is 1.29. The minimum absolute atomic E-state index is 0.202. The fourth-order valence-electron chi connectivity index (χ4n) is 1.88. The molecule has 0 bridgehead atoms. The Bertz CT molecular complexity index is 413. The fourth-order valence-corrected chi connectivity index (χ4v) is 1.88. The third-order valence-electron chi connectivity index (χ3n) is 3.04. The Balaban J connectivity index is 1.77. The van der Waals surface area contributed by atoms with Crippen LogP contribution >= 0.6 is 0 Å². The molecule has 6 nitrogen and oxygen atoms in total. The summed E-state index contributed by atoms with van der Waals surface area (Å²) < 4.78 is 5.26. The second-order valence-corrected chi connectivity index (χ2v) is 4.86. The van der Waals surface area contributed by atoms with Crippen LogP contribution in [0.15, 0.2) is 18.3 Å². The number of hydrogen-bond donors (Lipinski definition) is 2. The first-order valence-corrected chi connectivity index (χ1v) is 6.41. The van der Waals surface area contributed by atoms with E-state index in [1.807, 2.05) is 31.1 Å². The summed E-state index contributed by atoms with van der Waals surface area (Å²) in [4.78, 5) is 17.8. The zero-order valence-electron chi connectivity index (χ0n) is 11.3. The maximum Gasteiger partial charge on any atom is 0.319 e. The predicted octanol–water partition coefficient (Wildman–Crippen LogP) is 1.31. The van der Waals surface area contributed by atoms with Crippen molar-refractivity contribution in [1.29, 1.82) is 0 Å². The average molecular weight is 264 g/mol. The maximum atomic E-state index is 11.7. The molecule has 0 saturated carbocycles. The van der Waals surface area contributed by atoms with Crippen molar-refractivity contribution < 1.29 is 9.53 Å². The third-order valence-corrected chi connectivity index (χ3v) is 3.04. The lowest BCUT2D eigenvalue weighted by atomic mass is 10.1. The molecule has 2 N–H and O–H groups in total. The number of nitrogens with one attached hydrogen (secondary N) is 2. The molecule has 0 radical (unpaired) electrons. The van der Waals surface area contributed by atoms with Crippen LogP contribution in [-0.2, 0) is 4.74 Å². The zero-order valence-corrected chi connectivity index (χ0v) is 11.3. The van der Waals surface area contributed by atoms with E-state index in [2.05, 4.69) is 15.6 Å². The molecule has 104 valence electrons. The number of ether oxygens (including phenoxy) is 1. The number of pyridine rings is 1. The van der Waals surface area contributed by atoms with Gasteiger partial charge >= 0.3 is 6.03 Å². The van der Waals surface area contributed by atoms with Crippen LogP contribution in [0.1, 0.15) is 6.42 Å². The van der Waals surface area contributed by atoms with Gasteiger partial charge in [0.25, 0.3) is 0 Å². The highest BCUT2D eigenvalue weighted by atomic mass is 16.5. The van der Waals surface area contributed by atoms with E-state index < -0.39 is 0 Å². The van der Waals surface area contributed by atoms with Gasteiger partial charge in [-0.3, -0.25) is 0 Å². The molecule has 1 atom stereocenters. The Morgan fingerprint density at radius 3 is 2.95 bits per heavy atom. The lowest BCUT2D eigenvalue weighted by Gasteiger charge is -2.13. The van der Waals surface area contributed by atoms with Gasteiger partial charge in [-0.25, -0.2) is 9.78 Å². The molecule has 2 rings (SSSR count). The Hall–Kier alpha value is -1.82. The number of aromatic nitrogens is 1. The Morgan fingerprint density at radius 2 is 2.37 bits per heavy atom. The van der Waals surface area contributed by atoms with Crippen LogP contribution in [0, 0.1) is 5.92 Å². The largest absolute Gasteiger partial charge is 0.381 e. The minimum atomic E-state index is -0.202. The molecule has 2 heterocycles. The summed E-state index contributed by atoms with van der Waals surface area (Å²) in [6.07, 6.45) is 2.66. The molecule has 0 unspecified atom stereocenters. The fraction of sp³-hybridized carbons (Fsp3) is 0.538. The highest BCUT2D eigenvalue weighted by Gasteiger charge is 2.16. The van der Waals surface area contributed by atoms with Crippen LogP contribution in [-0.4, -0.2) is 44.9 Å². The van der Waals surface area contributed by atoms with Crippen molar-refractivity contribution in [1.82, 2.24) is 10.3 Å². The number of hydrogen-bond acceptors (Lipinski definition) is 4. The lowest BCUT2D eigenvalue weighted by Crippen LogP contribution is -2.33. The molecule has 1 aliphatic rings. The van der Waals surface area contributed by atoms with Crippen molar-refractivity contribution in [3.05, 3.63) is 18.3 Å². The van der Waals surface area contributed by atoms with Crippen molar-refractivity contribution >= 4 is 17.5 Å². The van der Waals surface area contributed by atoms with E-state index in [4.69, 9.17) is 4.74 Å². The normalized spacial score (nSPS) is 18.1. The van der Waals surface area contributed by atoms with Crippen molar-refractivity contribution in [3.63, 3.8) is 0 Å². The van der Waals surface area contributed by atoms with Crippen molar-refractivity contribution in [2.75, 3.05) is 44.1 Å². The molecular weight excluding hydrogens is 244 g/mol. The quantitative estimate of drug-likeness (QED) is 0.860. The number of nitrogens with zero attached hydrogens (tertiary/aromatic N) is 2. The van der Waals surface area contributed by atoms with Gasteiger partial charge in [-0.15, -0.1) is 0 Å². The second kappa shape index (κ2) is 6.38. The van der Waals surface area contributed by atoms with Gasteiger partial charge in [-0.05, 0) is 18.6 Å². The number of urea groups is 1. The molecule has 1 saturated heterocycles. The molecule has 1 fully saturated rings. The second-order valence-electron chi connectivity index (χ2n) is 4.86. The molecule has 1 aromatic rings. The van der Waals surface area contributed by atoms with Crippen molar-refractivity contribution in [2.24, 2.45) is 5.92 Å². The van der Waals surface area contributed by atoms with Gasteiger partial charge in [0.1, 0.15) is 5.82 Å². The topological polar surface area (TPSA) is 66.5 Å². The molecule has 1 aliphatic heterocycles. The molecule has 6 heteroatoms. The molecule has 0 aromatic carbocycles. The molecule has 2 amide bonds. The van der Waals surface area contributed by atoms with Gasteiger partial charge in [0.2, 0.25) is 0 Å². The summed E-state index contributed by atoms with van der Waals surface area (Å²) in [5.41, 5.74) is 0.686. The number of rotatable bonds is 4. The summed E-state index contributed by atoms with van der Waals surface area (Å²) >= 11 is 0. The molecule has 0 aliphatic carbocycles. The Labute approximate surface area is 113 Å². The van der Waals surface area contributed by atoms with Crippen LogP contribution in [0.25, 0.3) is 0 Å². The van der Waals surface area contributed by atoms with Crippen LogP contribution in [0.2, 0.25) is 0 Å². The first-order valence-electron chi connectivity index (χ1n) is 6.41. The van der Waals surface area contributed by atoms with E-state index in [-0.39, 0.29) is 6.03 Å². The van der Waals surface area contributed by atoms with E-state index in [1.165, 1.54) is 0 Å². The summed E-state index contributed by atoms with van der Waals surface area (Å²) in [6.45, 7) is 2.18. The van der Waals surface area contributed by atoms with Gasteiger partial charge in [-0.2, -0.15) is 0 Å². The smallest absolute Gasteiger partial charge is 0.319 e. The monoisotopic (exact) mass is 264 g/mol. The van der Waals surface area contributed by atoms with Crippen LogP contribution < -0.4 is 15.5 Å². The highest BCUT2D eigenvalue weighted by Crippen LogP contribution is 2.12. The highest BCUT2D eigenvalue weighted by molar-refractivity contribution is 5.89. The maximum absolute atomic E-state index is 11.7. The van der Waals surface area contributed by atoms with Gasteiger partial charge in [0.05, 0.1) is 18.5 Å². The summed E-state index contributed by atoms with van der Waals surface area (Å²) in [5, 5.41) is 5.60. The summed E-state index contributed by atoms with van der Waals surface area (Å²) in [6, 6.07) is 3.49. The van der Waals surface area contributed by atoms with Crippen LogP contribution in [0.3, 0.4) is 0 Å². The first kappa shape index (κ1) is 13.6. The minimum Gasteiger partial charge on any atom is -0.381 e. The van der Waals surface area contributed by atoms with Crippen molar-refractivity contribution in [3.8, 4) is 0 Å². The molecule has 0 spiro atoms. The zero-order chi connectivity index (χ0) is 13.7. The van der Waals surface area contributed by atoms with E-state index >= 15 is 0 Å². The number of amides is 2. The Morgan fingerprint density at radius 1 is 1.53 bits per heavy atom. The molecular formula is C13H20N4O2. The van der Waals surface area contributed by atoms with E-state index in [9.17, 15) is 4.79 Å². The van der Waals surface area contributed by atoms with Gasteiger partial charge in [0, 0.05) is 33.2 Å². The van der Waals surface area contributed by atoms with Gasteiger partial charge < -0.3 is 20.3 Å².